The first kappa shape index (κ1) is 28.3. The predicted octanol–water partition coefficient (Wildman–Crippen LogP) is 5.16. The summed E-state index contributed by atoms with van der Waals surface area (Å²) >= 11 is 0. The maximum Gasteiger partial charge on any atom is 0.161 e. The summed E-state index contributed by atoms with van der Waals surface area (Å²) < 4.78 is 11.8. The molecule has 8 atom stereocenters. The summed E-state index contributed by atoms with van der Waals surface area (Å²) in [5.41, 5.74) is 3.08. The van der Waals surface area contributed by atoms with Gasteiger partial charge in [-0.25, -0.2) is 0 Å². The van der Waals surface area contributed by atoms with Crippen molar-refractivity contribution in [2.24, 2.45) is 46.3 Å². The van der Waals surface area contributed by atoms with E-state index in [0.717, 1.165) is 62.5 Å². The lowest BCUT2D eigenvalue weighted by atomic mass is 9.38. The number of hydrogen-bond donors (Lipinski definition) is 1. The number of hydrogen-bond acceptors (Lipinski definition) is 5. The van der Waals surface area contributed by atoms with Crippen LogP contribution in [0.25, 0.3) is 0 Å². The fourth-order valence-electron chi connectivity index (χ4n) is 11.3. The topological polar surface area (TPSA) is 66.5 Å². The van der Waals surface area contributed by atoms with Gasteiger partial charge < -0.3 is 10.2 Å². The smallest absolute Gasteiger partial charge is 0.161 e. The molecule has 0 aromatic heterocycles. The van der Waals surface area contributed by atoms with E-state index in [1.54, 1.807) is 0 Å². The van der Waals surface area contributed by atoms with Gasteiger partial charge in [-0.05, 0) is 96.5 Å². The van der Waals surface area contributed by atoms with Gasteiger partial charge in [0.1, 0.15) is 5.78 Å². The van der Waals surface area contributed by atoms with Crippen LogP contribution in [0.2, 0.25) is 0 Å². The minimum Gasteiger partial charge on any atom is -0.306 e. The van der Waals surface area contributed by atoms with Crippen LogP contribution in [-0.2, 0) is 20.4 Å². The number of fused-ring (bicyclic) bond motifs is 7. The summed E-state index contributed by atoms with van der Waals surface area (Å²) in [6.07, 6.45) is 9.66. The molecule has 5 fully saturated rings. The largest absolute Gasteiger partial charge is 0.306 e. The number of carbonyl (C=O) groups excluding carboxylic acids is 2. The third-order valence-electron chi connectivity index (χ3n) is 13.1. The Balaban J connectivity index is 1.27. The normalized spacial score (nSPS) is 45.2. The van der Waals surface area contributed by atoms with Crippen LogP contribution in [0.1, 0.15) is 92.4 Å². The summed E-state index contributed by atoms with van der Waals surface area (Å²) in [5, 5.41) is 4.02. The number of carbonyl (C=O) groups is 2. The number of nitrogens with zero attached hydrogens (tertiary/aromatic N) is 1. The van der Waals surface area contributed by atoms with Crippen LogP contribution in [0.3, 0.4) is 0 Å². The van der Waals surface area contributed by atoms with E-state index in [9.17, 15) is 13.8 Å². The van der Waals surface area contributed by atoms with Crippen LogP contribution in [-0.4, -0.2) is 63.9 Å². The lowest BCUT2D eigenvalue weighted by Gasteiger charge is -2.66. The van der Waals surface area contributed by atoms with Crippen LogP contribution in [0.15, 0.2) is 11.1 Å². The van der Waals surface area contributed by atoms with Gasteiger partial charge in [0.05, 0.1) is 0 Å². The second-order valence-corrected chi connectivity index (χ2v) is 16.8. The Morgan fingerprint density at radius 1 is 0.974 bits per heavy atom. The van der Waals surface area contributed by atoms with Gasteiger partial charge in [0, 0.05) is 72.8 Å². The Kier molecular flexibility index (Phi) is 7.36. The Morgan fingerprint density at radius 2 is 1.67 bits per heavy atom. The SMILES string of the molecule is CC(C)C1=C2C3CCC4C5(C)CCC(=O)C(C)C5CCC4(C)C3CCC2(NCCN2CCS(=O)CC2)CC1=O. The van der Waals surface area contributed by atoms with E-state index in [1.807, 2.05) is 0 Å². The van der Waals surface area contributed by atoms with Gasteiger partial charge in [-0.15, -0.1) is 0 Å². The molecule has 6 rings (SSSR count). The second-order valence-electron chi connectivity index (χ2n) is 15.1. The molecule has 39 heavy (non-hydrogen) atoms. The lowest BCUT2D eigenvalue weighted by Crippen LogP contribution is -2.62. The van der Waals surface area contributed by atoms with E-state index in [1.165, 1.54) is 37.7 Å². The van der Waals surface area contributed by atoms with E-state index < -0.39 is 10.8 Å². The molecule has 5 nitrogen and oxygen atoms in total. The van der Waals surface area contributed by atoms with Crippen molar-refractivity contribution in [3.8, 4) is 0 Å². The fraction of sp³-hybridized carbons (Fsp3) is 0.879. The minimum atomic E-state index is -0.644. The molecule has 0 aromatic carbocycles. The molecule has 1 N–H and O–H groups in total. The average molecular weight is 557 g/mol. The van der Waals surface area contributed by atoms with Crippen LogP contribution >= 0.6 is 0 Å². The first-order chi connectivity index (χ1) is 18.5. The fourth-order valence-corrected chi connectivity index (χ4v) is 12.4. The molecule has 0 bridgehead atoms. The Hall–Kier alpha value is -0.850. The highest BCUT2D eigenvalue weighted by atomic mass is 32.2. The average Bonchev–Trinajstić information content (AvgIpc) is 3.20. The van der Waals surface area contributed by atoms with E-state index in [2.05, 4.69) is 44.8 Å². The van der Waals surface area contributed by atoms with E-state index in [4.69, 9.17) is 0 Å². The van der Waals surface area contributed by atoms with Gasteiger partial charge in [0.15, 0.2) is 5.78 Å². The molecular weight excluding hydrogens is 504 g/mol. The predicted molar refractivity (Wildman–Crippen MR) is 158 cm³/mol. The molecule has 6 heteroatoms. The van der Waals surface area contributed by atoms with E-state index in [0.29, 0.717) is 47.1 Å². The van der Waals surface area contributed by atoms with Gasteiger partial charge >= 0.3 is 0 Å². The quantitative estimate of drug-likeness (QED) is 0.507. The van der Waals surface area contributed by atoms with Gasteiger partial charge in [-0.1, -0.05) is 34.6 Å². The zero-order chi connectivity index (χ0) is 27.7. The zero-order valence-corrected chi connectivity index (χ0v) is 26.0. The number of Topliss-reactive ketones (excluding diaryl/α,β-unsaturated/α-hetero) is 2. The molecule has 5 aliphatic carbocycles. The minimum absolute atomic E-state index is 0.160. The highest BCUT2D eigenvalue weighted by Gasteiger charge is 2.64. The number of rotatable bonds is 5. The van der Waals surface area contributed by atoms with Gasteiger partial charge in [-0.3, -0.25) is 13.8 Å². The standard InChI is InChI=1S/C33H52N2O3S/c1-21(2)29-27(37)20-33(34-14-15-35-16-18-39(38)19-17-35)13-9-25-23(30(29)33)6-7-28-31(4)12-10-26(36)22(3)24(31)8-11-32(25,28)5/h21-25,28,34H,6-20H2,1-5H3. The first-order valence-electron chi connectivity index (χ1n) is 16.1. The van der Waals surface area contributed by atoms with E-state index in [-0.39, 0.29) is 22.8 Å². The third-order valence-corrected chi connectivity index (χ3v) is 14.4. The molecule has 0 aromatic rings. The molecule has 1 aliphatic heterocycles. The molecule has 8 unspecified atom stereocenters. The van der Waals surface area contributed by atoms with Crippen LogP contribution in [0.4, 0.5) is 0 Å². The van der Waals surface area contributed by atoms with Crippen molar-refractivity contribution >= 4 is 22.4 Å². The summed E-state index contributed by atoms with van der Waals surface area (Å²) in [5.74, 6) is 5.36. The Bertz CT molecular complexity index is 1070. The summed E-state index contributed by atoms with van der Waals surface area (Å²) in [6.45, 7) is 15.6. The van der Waals surface area contributed by atoms with Gasteiger partial charge in [0.25, 0.3) is 0 Å². The number of ketones is 2. The molecule has 6 aliphatic rings. The van der Waals surface area contributed by atoms with Crippen LogP contribution in [0.5, 0.6) is 0 Å². The summed E-state index contributed by atoms with van der Waals surface area (Å²) in [6, 6.07) is 0. The van der Waals surface area contributed by atoms with Crippen molar-refractivity contribution in [3.63, 3.8) is 0 Å². The van der Waals surface area contributed by atoms with Crippen molar-refractivity contribution < 1.29 is 13.8 Å². The summed E-state index contributed by atoms with van der Waals surface area (Å²) in [7, 11) is -0.644. The highest BCUT2D eigenvalue weighted by molar-refractivity contribution is 7.85. The lowest BCUT2D eigenvalue weighted by molar-refractivity contribution is -0.168. The monoisotopic (exact) mass is 556 g/mol. The molecule has 1 saturated heterocycles. The van der Waals surface area contributed by atoms with Gasteiger partial charge in [-0.2, -0.15) is 0 Å². The first-order valence-corrected chi connectivity index (χ1v) is 17.6. The van der Waals surface area contributed by atoms with Crippen molar-refractivity contribution in [1.29, 1.82) is 0 Å². The molecule has 1 heterocycles. The molecule has 0 radical (unpaired) electrons. The molecule has 0 amide bonds. The van der Waals surface area contributed by atoms with Crippen molar-refractivity contribution in [1.82, 2.24) is 10.2 Å². The molecule has 0 spiro atoms. The van der Waals surface area contributed by atoms with E-state index >= 15 is 0 Å². The highest BCUT2D eigenvalue weighted by Crippen LogP contribution is 2.70. The van der Waals surface area contributed by atoms with Crippen molar-refractivity contribution in [2.45, 2.75) is 97.9 Å². The Morgan fingerprint density at radius 3 is 2.38 bits per heavy atom. The van der Waals surface area contributed by atoms with Crippen LogP contribution < -0.4 is 5.32 Å². The zero-order valence-electron chi connectivity index (χ0n) is 25.2. The number of nitrogens with one attached hydrogen (secondary N) is 1. The third kappa shape index (κ3) is 4.40. The van der Waals surface area contributed by atoms with Crippen LogP contribution in [0, 0.1) is 46.3 Å². The maximum absolute atomic E-state index is 13.7. The molecule has 4 saturated carbocycles. The second kappa shape index (κ2) is 10.2. The van der Waals surface area contributed by atoms with Crippen molar-refractivity contribution in [2.75, 3.05) is 37.7 Å². The Labute approximate surface area is 239 Å². The van der Waals surface area contributed by atoms with Gasteiger partial charge in [0.2, 0.25) is 0 Å². The van der Waals surface area contributed by atoms with Crippen molar-refractivity contribution in [3.05, 3.63) is 11.1 Å². The maximum atomic E-state index is 13.7. The number of allylic oxidation sites excluding steroid dienone is 1. The molecular formula is C33H52N2O3S. The summed E-state index contributed by atoms with van der Waals surface area (Å²) in [4.78, 5) is 28.8. The molecule has 218 valence electrons.